The van der Waals surface area contributed by atoms with Crippen LogP contribution in [0.3, 0.4) is 0 Å². The SMILES string of the molecule is NCCN1CC(NCCO)CC(C(=O)O)C1. The predicted molar refractivity (Wildman–Crippen MR) is 60.1 cm³/mol. The highest BCUT2D eigenvalue weighted by Gasteiger charge is 2.30. The third-order valence-electron chi connectivity index (χ3n) is 2.87. The molecule has 2 atom stereocenters. The van der Waals surface area contributed by atoms with Gasteiger partial charge in [-0.1, -0.05) is 0 Å². The summed E-state index contributed by atoms with van der Waals surface area (Å²) in [6.07, 6.45) is 0.621. The number of rotatable bonds is 6. The molecule has 0 saturated carbocycles. The molecular weight excluding hydrogens is 210 g/mol. The molecule has 94 valence electrons. The number of nitrogens with one attached hydrogen (secondary N) is 1. The first kappa shape index (κ1) is 13.4. The monoisotopic (exact) mass is 231 g/mol. The molecule has 6 heteroatoms. The molecule has 0 radical (unpaired) electrons. The van der Waals surface area contributed by atoms with Crippen molar-refractivity contribution in [2.75, 3.05) is 39.3 Å². The van der Waals surface area contributed by atoms with Crippen LogP contribution in [0, 0.1) is 5.92 Å². The van der Waals surface area contributed by atoms with E-state index in [0.29, 0.717) is 26.1 Å². The molecule has 1 aliphatic heterocycles. The first-order valence-corrected chi connectivity index (χ1v) is 5.66. The van der Waals surface area contributed by atoms with Gasteiger partial charge in [0, 0.05) is 38.8 Å². The molecule has 0 aromatic rings. The summed E-state index contributed by atoms with van der Waals surface area (Å²) in [5.41, 5.74) is 5.48. The molecule has 16 heavy (non-hydrogen) atoms. The number of hydrogen-bond donors (Lipinski definition) is 4. The number of carboxylic acids is 1. The van der Waals surface area contributed by atoms with Gasteiger partial charge >= 0.3 is 5.97 Å². The highest BCUT2D eigenvalue weighted by Crippen LogP contribution is 2.16. The number of nitrogens with two attached hydrogens (primary N) is 1. The maximum absolute atomic E-state index is 11.0. The Morgan fingerprint density at radius 3 is 2.81 bits per heavy atom. The van der Waals surface area contributed by atoms with E-state index in [1.54, 1.807) is 0 Å². The number of nitrogens with zero attached hydrogens (tertiary/aromatic N) is 1. The summed E-state index contributed by atoms with van der Waals surface area (Å²) >= 11 is 0. The van der Waals surface area contributed by atoms with Gasteiger partial charge in [0.25, 0.3) is 0 Å². The summed E-state index contributed by atoms with van der Waals surface area (Å²) in [6.45, 7) is 3.23. The van der Waals surface area contributed by atoms with Crippen LogP contribution in [0.25, 0.3) is 0 Å². The van der Waals surface area contributed by atoms with E-state index >= 15 is 0 Å². The van der Waals surface area contributed by atoms with Crippen LogP contribution < -0.4 is 11.1 Å². The van der Waals surface area contributed by atoms with Gasteiger partial charge in [0.05, 0.1) is 12.5 Å². The van der Waals surface area contributed by atoms with Crippen molar-refractivity contribution in [1.82, 2.24) is 10.2 Å². The molecule has 0 amide bonds. The maximum atomic E-state index is 11.0. The lowest BCUT2D eigenvalue weighted by atomic mass is 9.94. The zero-order valence-electron chi connectivity index (χ0n) is 9.43. The fraction of sp³-hybridized carbons (Fsp3) is 0.900. The van der Waals surface area contributed by atoms with Crippen LogP contribution in [-0.2, 0) is 4.79 Å². The van der Waals surface area contributed by atoms with Gasteiger partial charge in [0.15, 0.2) is 0 Å². The van der Waals surface area contributed by atoms with Crippen LogP contribution in [0.1, 0.15) is 6.42 Å². The van der Waals surface area contributed by atoms with E-state index in [1.807, 2.05) is 0 Å². The van der Waals surface area contributed by atoms with E-state index in [9.17, 15) is 4.79 Å². The molecule has 0 aromatic heterocycles. The van der Waals surface area contributed by atoms with Crippen molar-refractivity contribution in [2.24, 2.45) is 11.7 Å². The Hall–Kier alpha value is -0.690. The van der Waals surface area contributed by atoms with Crippen molar-refractivity contribution in [3.63, 3.8) is 0 Å². The summed E-state index contributed by atoms with van der Waals surface area (Å²) in [5.74, 6) is -1.09. The zero-order valence-corrected chi connectivity index (χ0v) is 9.43. The molecule has 1 rings (SSSR count). The van der Waals surface area contributed by atoms with Crippen molar-refractivity contribution in [3.05, 3.63) is 0 Å². The highest BCUT2D eigenvalue weighted by atomic mass is 16.4. The number of aliphatic hydroxyl groups excluding tert-OH is 1. The maximum Gasteiger partial charge on any atom is 0.307 e. The number of likely N-dealkylation sites (tertiary alicyclic amines) is 1. The van der Waals surface area contributed by atoms with E-state index in [-0.39, 0.29) is 18.6 Å². The number of hydrogen-bond acceptors (Lipinski definition) is 5. The highest BCUT2D eigenvalue weighted by molar-refractivity contribution is 5.70. The molecule has 1 saturated heterocycles. The molecule has 1 heterocycles. The molecule has 5 N–H and O–H groups in total. The van der Waals surface area contributed by atoms with Gasteiger partial charge in [0.1, 0.15) is 0 Å². The molecule has 1 fully saturated rings. The summed E-state index contributed by atoms with van der Waals surface area (Å²) in [5, 5.41) is 20.9. The second-order valence-corrected chi connectivity index (χ2v) is 4.19. The molecular formula is C10H21N3O3. The fourth-order valence-corrected chi connectivity index (χ4v) is 2.15. The number of aliphatic hydroxyl groups is 1. The van der Waals surface area contributed by atoms with Crippen molar-refractivity contribution in [1.29, 1.82) is 0 Å². The average molecular weight is 231 g/mol. The third kappa shape index (κ3) is 4.05. The van der Waals surface area contributed by atoms with Gasteiger partial charge in [-0.2, -0.15) is 0 Å². The Morgan fingerprint density at radius 2 is 2.25 bits per heavy atom. The second kappa shape index (κ2) is 6.80. The Morgan fingerprint density at radius 1 is 1.50 bits per heavy atom. The van der Waals surface area contributed by atoms with Gasteiger partial charge in [-0.3, -0.25) is 9.69 Å². The molecule has 2 unspecified atom stereocenters. The smallest absolute Gasteiger partial charge is 0.307 e. The lowest BCUT2D eigenvalue weighted by Crippen LogP contribution is -2.52. The largest absolute Gasteiger partial charge is 0.481 e. The summed E-state index contributed by atoms with van der Waals surface area (Å²) in [4.78, 5) is 13.1. The first-order valence-electron chi connectivity index (χ1n) is 5.66. The Labute approximate surface area is 95.4 Å². The van der Waals surface area contributed by atoms with Gasteiger partial charge in [-0.15, -0.1) is 0 Å². The lowest BCUT2D eigenvalue weighted by molar-refractivity contribution is -0.144. The average Bonchev–Trinajstić information content (AvgIpc) is 2.26. The van der Waals surface area contributed by atoms with Gasteiger partial charge < -0.3 is 21.3 Å². The Bertz CT molecular complexity index is 225. The van der Waals surface area contributed by atoms with E-state index in [4.69, 9.17) is 15.9 Å². The first-order chi connectivity index (χ1) is 7.67. The van der Waals surface area contributed by atoms with Gasteiger partial charge in [-0.05, 0) is 6.42 Å². The Kier molecular flexibility index (Phi) is 5.68. The molecule has 6 nitrogen and oxygen atoms in total. The minimum absolute atomic E-state index is 0.0745. The number of piperidine rings is 1. The molecule has 0 bridgehead atoms. The number of aliphatic carboxylic acids is 1. The Balaban J connectivity index is 2.48. The van der Waals surface area contributed by atoms with Crippen molar-refractivity contribution < 1.29 is 15.0 Å². The fourth-order valence-electron chi connectivity index (χ4n) is 2.15. The minimum atomic E-state index is -0.752. The van der Waals surface area contributed by atoms with Gasteiger partial charge in [-0.25, -0.2) is 0 Å². The van der Waals surface area contributed by atoms with Crippen LogP contribution in [-0.4, -0.2) is 66.5 Å². The normalized spacial score (nSPS) is 26.9. The topological polar surface area (TPSA) is 98.8 Å². The van der Waals surface area contributed by atoms with E-state index in [0.717, 1.165) is 13.1 Å². The van der Waals surface area contributed by atoms with Gasteiger partial charge in [0.2, 0.25) is 0 Å². The number of carbonyl (C=O) groups is 1. The third-order valence-corrected chi connectivity index (χ3v) is 2.87. The van der Waals surface area contributed by atoms with Crippen LogP contribution >= 0.6 is 0 Å². The van der Waals surface area contributed by atoms with E-state index in [1.165, 1.54) is 0 Å². The van der Waals surface area contributed by atoms with Crippen LogP contribution in [0.15, 0.2) is 0 Å². The number of carboxylic acid groups (broad SMARTS) is 1. The molecule has 1 aliphatic rings. The summed E-state index contributed by atoms with van der Waals surface area (Å²) in [7, 11) is 0. The quantitative estimate of drug-likeness (QED) is 0.435. The molecule has 0 spiro atoms. The predicted octanol–water partition coefficient (Wildman–Crippen LogP) is -1.70. The van der Waals surface area contributed by atoms with Crippen LogP contribution in [0.4, 0.5) is 0 Å². The van der Waals surface area contributed by atoms with Crippen LogP contribution in [0.5, 0.6) is 0 Å². The lowest BCUT2D eigenvalue weighted by Gasteiger charge is -2.36. The summed E-state index contributed by atoms with van der Waals surface area (Å²) in [6, 6.07) is 0.133. The van der Waals surface area contributed by atoms with Crippen LogP contribution in [0.2, 0.25) is 0 Å². The molecule has 0 aliphatic carbocycles. The summed E-state index contributed by atoms with van der Waals surface area (Å²) < 4.78 is 0. The van der Waals surface area contributed by atoms with Crippen molar-refractivity contribution in [3.8, 4) is 0 Å². The second-order valence-electron chi connectivity index (χ2n) is 4.19. The minimum Gasteiger partial charge on any atom is -0.481 e. The van der Waals surface area contributed by atoms with Crippen molar-refractivity contribution in [2.45, 2.75) is 12.5 Å². The molecule has 0 aromatic carbocycles. The zero-order chi connectivity index (χ0) is 12.0. The standard InChI is InChI=1S/C10H21N3O3/c11-1-3-13-6-8(10(15)16)5-9(7-13)12-2-4-14/h8-9,12,14H,1-7,11H2,(H,15,16). The van der Waals surface area contributed by atoms with Crippen molar-refractivity contribution >= 4 is 5.97 Å². The van der Waals surface area contributed by atoms with E-state index in [2.05, 4.69) is 10.2 Å². The van der Waals surface area contributed by atoms with E-state index < -0.39 is 5.97 Å².